The van der Waals surface area contributed by atoms with Gasteiger partial charge in [0.15, 0.2) is 0 Å². The number of aryl methyl sites for hydroxylation is 1. The van der Waals surface area contributed by atoms with Crippen LogP contribution in [0.1, 0.15) is 24.1 Å². The van der Waals surface area contributed by atoms with Gasteiger partial charge in [0.25, 0.3) is 0 Å². The van der Waals surface area contributed by atoms with Crippen molar-refractivity contribution in [2.45, 2.75) is 19.4 Å². The summed E-state index contributed by atoms with van der Waals surface area (Å²) in [6, 6.07) is 10.4. The summed E-state index contributed by atoms with van der Waals surface area (Å²) in [4.78, 5) is 1.92. The largest absolute Gasteiger partial charge is 0.291 e. The smallest absolute Gasteiger partial charge is 0.123 e. The third-order valence-electron chi connectivity index (χ3n) is 2.34. The first-order valence-electron chi connectivity index (χ1n) is 4.84. The minimum atomic E-state index is -0.138. The summed E-state index contributed by atoms with van der Waals surface area (Å²) in [5.41, 5.74) is 2.37. The van der Waals surface area contributed by atoms with Gasteiger partial charge in [-0.05, 0) is 31.6 Å². The molecule has 14 heavy (non-hydrogen) atoms. The predicted octanol–water partition coefficient (Wildman–Crippen LogP) is 2.38. The molecule has 0 aliphatic carbocycles. The molecule has 0 heterocycles. The van der Waals surface area contributed by atoms with E-state index < -0.39 is 0 Å². The maximum Gasteiger partial charge on any atom is 0.123 e. The molecule has 2 heteroatoms. The molecule has 0 radical (unpaired) electrons. The van der Waals surface area contributed by atoms with Gasteiger partial charge in [-0.1, -0.05) is 31.2 Å². The second-order valence-electron chi connectivity index (χ2n) is 3.59. The third-order valence-corrected chi connectivity index (χ3v) is 2.34. The molecule has 0 saturated heterocycles. The summed E-state index contributed by atoms with van der Waals surface area (Å²) in [7, 11) is 3.84. The molecule has 74 valence electrons. The SMILES string of the molecule is CCc1ccc(C(C#N)N(C)C)cc1. The van der Waals surface area contributed by atoms with Crippen molar-refractivity contribution < 1.29 is 0 Å². The molecule has 0 aliphatic heterocycles. The Bertz CT molecular complexity index is 319. The van der Waals surface area contributed by atoms with Crippen LogP contribution in [-0.2, 0) is 6.42 Å². The van der Waals surface area contributed by atoms with E-state index in [9.17, 15) is 0 Å². The summed E-state index contributed by atoms with van der Waals surface area (Å²) in [6.07, 6.45) is 1.04. The van der Waals surface area contributed by atoms with Crippen LogP contribution in [0.3, 0.4) is 0 Å². The van der Waals surface area contributed by atoms with E-state index >= 15 is 0 Å². The predicted molar refractivity (Wildman–Crippen MR) is 57.9 cm³/mol. The Kier molecular flexibility index (Phi) is 3.67. The number of nitrogens with zero attached hydrogens (tertiary/aromatic N) is 2. The van der Waals surface area contributed by atoms with E-state index in [1.807, 2.05) is 31.1 Å². The van der Waals surface area contributed by atoms with Crippen LogP contribution in [0.15, 0.2) is 24.3 Å². The molecule has 1 aromatic rings. The molecule has 0 bridgehead atoms. The first kappa shape index (κ1) is 10.7. The van der Waals surface area contributed by atoms with Gasteiger partial charge >= 0.3 is 0 Å². The first-order chi connectivity index (χ1) is 6.69. The molecule has 0 aromatic heterocycles. The fourth-order valence-corrected chi connectivity index (χ4v) is 1.42. The van der Waals surface area contributed by atoms with Crippen molar-refractivity contribution in [2.24, 2.45) is 0 Å². The normalized spacial score (nSPS) is 12.5. The molecule has 0 fully saturated rings. The molecular weight excluding hydrogens is 172 g/mol. The van der Waals surface area contributed by atoms with E-state index in [1.165, 1.54) is 5.56 Å². The quantitative estimate of drug-likeness (QED) is 0.728. The zero-order chi connectivity index (χ0) is 10.6. The van der Waals surface area contributed by atoms with Gasteiger partial charge in [0.2, 0.25) is 0 Å². The van der Waals surface area contributed by atoms with Crippen LogP contribution in [-0.4, -0.2) is 19.0 Å². The first-order valence-corrected chi connectivity index (χ1v) is 4.84. The van der Waals surface area contributed by atoms with E-state index in [4.69, 9.17) is 5.26 Å². The third kappa shape index (κ3) is 2.34. The number of hydrogen-bond donors (Lipinski definition) is 0. The van der Waals surface area contributed by atoms with Gasteiger partial charge < -0.3 is 0 Å². The van der Waals surface area contributed by atoms with Crippen molar-refractivity contribution in [3.63, 3.8) is 0 Å². The van der Waals surface area contributed by atoms with Crippen LogP contribution in [0.25, 0.3) is 0 Å². The average Bonchev–Trinajstić information content (AvgIpc) is 2.19. The highest BCUT2D eigenvalue weighted by atomic mass is 15.1. The average molecular weight is 188 g/mol. The zero-order valence-electron chi connectivity index (χ0n) is 8.99. The second kappa shape index (κ2) is 4.78. The number of hydrogen-bond acceptors (Lipinski definition) is 2. The van der Waals surface area contributed by atoms with Crippen LogP contribution < -0.4 is 0 Å². The summed E-state index contributed by atoms with van der Waals surface area (Å²) in [5, 5.41) is 8.98. The molecule has 0 spiro atoms. The molecule has 1 atom stereocenters. The number of rotatable bonds is 3. The lowest BCUT2D eigenvalue weighted by Gasteiger charge is -2.17. The lowest BCUT2D eigenvalue weighted by atomic mass is 10.0. The molecule has 1 aromatic carbocycles. The maximum absolute atomic E-state index is 8.98. The Hall–Kier alpha value is -1.33. The van der Waals surface area contributed by atoms with Crippen LogP contribution in [0.2, 0.25) is 0 Å². The molecule has 0 saturated carbocycles. The molecule has 0 aliphatic rings. The minimum Gasteiger partial charge on any atom is -0.291 e. The van der Waals surface area contributed by atoms with Gasteiger partial charge in [-0.2, -0.15) is 5.26 Å². The van der Waals surface area contributed by atoms with Gasteiger partial charge in [-0.25, -0.2) is 0 Å². The van der Waals surface area contributed by atoms with Crippen LogP contribution >= 0.6 is 0 Å². The van der Waals surface area contributed by atoms with Crippen molar-refractivity contribution in [1.29, 1.82) is 5.26 Å². The summed E-state index contributed by atoms with van der Waals surface area (Å²) in [5.74, 6) is 0. The van der Waals surface area contributed by atoms with Gasteiger partial charge in [-0.3, -0.25) is 4.90 Å². The molecule has 1 unspecified atom stereocenters. The van der Waals surface area contributed by atoms with Gasteiger partial charge in [0.05, 0.1) is 6.07 Å². The van der Waals surface area contributed by atoms with Gasteiger partial charge in [-0.15, -0.1) is 0 Å². The molecule has 0 amide bonds. The standard InChI is InChI=1S/C12H16N2/c1-4-10-5-7-11(8-6-10)12(9-13)14(2)3/h5-8,12H,4H2,1-3H3. The Labute approximate surface area is 85.8 Å². The molecular formula is C12H16N2. The fraction of sp³-hybridized carbons (Fsp3) is 0.417. The molecule has 0 N–H and O–H groups in total. The highest BCUT2D eigenvalue weighted by Crippen LogP contribution is 2.17. The monoisotopic (exact) mass is 188 g/mol. The van der Waals surface area contributed by atoms with E-state index in [0.717, 1.165) is 12.0 Å². The molecule has 1 rings (SSSR count). The summed E-state index contributed by atoms with van der Waals surface area (Å²) >= 11 is 0. The Morgan fingerprint density at radius 1 is 1.29 bits per heavy atom. The van der Waals surface area contributed by atoms with Crippen molar-refractivity contribution in [3.05, 3.63) is 35.4 Å². The number of benzene rings is 1. The zero-order valence-corrected chi connectivity index (χ0v) is 8.99. The molecule has 2 nitrogen and oxygen atoms in total. The van der Waals surface area contributed by atoms with Crippen molar-refractivity contribution in [2.75, 3.05) is 14.1 Å². The van der Waals surface area contributed by atoms with Gasteiger partial charge in [0, 0.05) is 0 Å². The lowest BCUT2D eigenvalue weighted by Crippen LogP contribution is -2.18. The Morgan fingerprint density at radius 2 is 1.86 bits per heavy atom. The highest BCUT2D eigenvalue weighted by Gasteiger charge is 2.11. The van der Waals surface area contributed by atoms with E-state index in [-0.39, 0.29) is 6.04 Å². The number of nitriles is 1. The lowest BCUT2D eigenvalue weighted by molar-refractivity contribution is 0.358. The van der Waals surface area contributed by atoms with Crippen molar-refractivity contribution in [1.82, 2.24) is 4.90 Å². The van der Waals surface area contributed by atoms with Gasteiger partial charge in [0.1, 0.15) is 6.04 Å². The summed E-state index contributed by atoms with van der Waals surface area (Å²) in [6.45, 7) is 2.13. The van der Waals surface area contributed by atoms with Crippen molar-refractivity contribution >= 4 is 0 Å². The maximum atomic E-state index is 8.98. The second-order valence-corrected chi connectivity index (χ2v) is 3.59. The highest BCUT2D eigenvalue weighted by molar-refractivity contribution is 5.28. The fourth-order valence-electron chi connectivity index (χ4n) is 1.42. The van der Waals surface area contributed by atoms with E-state index in [0.29, 0.717) is 0 Å². The van der Waals surface area contributed by atoms with Crippen LogP contribution in [0.5, 0.6) is 0 Å². The minimum absolute atomic E-state index is 0.138. The van der Waals surface area contributed by atoms with Crippen LogP contribution in [0, 0.1) is 11.3 Å². The van der Waals surface area contributed by atoms with Crippen LogP contribution in [0.4, 0.5) is 0 Å². The topological polar surface area (TPSA) is 27.0 Å². The van der Waals surface area contributed by atoms with E-state index in [2.05, 4.69) is 25.1 Å². The Balaban J connectivity index is 2.91. The van der Waals surface area contributed by atoms with Crippen molar-refractivity contribution in [3.8, 4) is 6.07 Å². The Morgan fingerprint density at radius 3 is 2.21 bits per heavy atom. The van der Waals surface area contributed by atoms with E-state index in [1.54, 1.807) is 0 Å². The summed E-state index contributed by atoms with van der Waals surface area (Å²) < 4.78 is 0.